The summed E-state index contributed by atoms with van der Waals surface area (Å²) in [6.07, 6.45) is 0. The third-order valence-corrected chi connectivity index (χ3v) is 4.54. The molecular formula is C20H13Cl3N2O. The molecular weight excluding hydrogens is 391 g/mol. The van der Waals surface area contributed by atoms with Crippen molar-refractivity contribution in [1.29, 1.82) is 5.26 Å². The SMILES string of the molecule is CCOc1nc(-c2ccc(Cl)cc2)cc(-c2ccc(Cl)cc2Cl)c1C#N. The zero-order valence-electron chi connectivity index (χ0n) is 13.8. The summed E-state index contributed by atoms with van der Waals surface area (Å²) in [5, 5.41) is 11.3. The molecule has 130 valence electrons. The number of aromatic nitrogens is 1. The molecule has 0 aliphatic carbocycles. The standard InChI is InChI=1S/C20H13Cl3N2O/c1-2-26-20-17(11-24)16(15-8-7-14(22)9-18(15)23)10-19(25-20)12-3-5-13(21)6-4-12/h3-10H,2H2,1H3. The Bertz CT molecular complexity index is 995. The van der Waals surface area contributed by atoms with E-state index in [1.807, 2.05) is 25.1 Å². The largest absolute Gasteiger partial charge is 0.477 e. The first-order chi connectivity index (χ1) is 12.5. The van der Waals surface area contributed by atoms with Crippen LogP contribution in [0.25, 0.3) is 22.4 Å². The van der Waals surface area contributed by atoms with Crippen LogP contribution in [0, 0.1) is 11.3 Å². The highest BCUT2D eigenvalue weighted by molar-refractivity contribution is 6.36. The molecule has 26 heavy (non-hydrogen) atoms. The number of halogens is 3. The van der Waals surface area contributed by atoms with Gasteiger partial charge in [-0.3, -0.25) is 0 Å². The van der Waals surface area contributed by atoms with Crippen LogP contribution < -0.4 is 4.74 Å². The molecule has 0 spiro atoms. The van der Waals surface area contributed by atoms with E-state index in [0.29, 0.717) is 44.1 Å². The molecule has 0 radical (unpaired) electrons. The molecule has 0 bridgehead atoms. The molecule has 0 saturated carbocycles. The first-order valence-electron chi connectivity index (χ1n) is 7.82. The van der Waals surface area contributed by atoms with Crippen molar-refractivity contribution in [2.45, 2.75) is 6.92 Å². The predicted octanol–water partition coefficient (Wildman–Crippen LogP) is 6.65. The quantitative estimate of drug-likeness (QED) is 0.490. The van der Waals surface area contributed by atoms with Crippen LogP contribution in [-0.4, -0.2) is 11.6 Å². The maximum atomic E-state index is 9.67. The van der Waals surface area contributed by atoms with E-state index in [2.05, 4.69) is 11.1 Å². The molecule has 0 N–H and O–H groups in total. The lowest BCUT2D eigenvalue weighted by molar-refractivity contribution is 0.326. The van der Waals surface area contributed by atoms with E-state index in [0.717, 1.165) is 5.56 Å². The number of pyridine rings is 1. The molecule has 0 aliphatic heterocycles. The van der Waals surface area contributed by atoms with Crippen molar-refractivity contribution in [3.8, 4) is 34.3 Å². The minimum absolute atomic E-state index is 0.267. The maximum Gasteiger partial charge on any atom is 0.232 e. The Morgan fingerprint density at radius 3 is 2.27 bits per heavy atom. The van der Waals surface area contributed by atoms with E-state index in [4.69, 9.17) is 39.5 Å². The summed E-state index contributed by atoms with van der Waals surface area (Å²) in [4.78, 5) is 4.51. The molecule has 0 fully saturated rings. The van der Waals surface area contributed by atoms with Gasteiger partial charge in [0.05, 0.1) is 12.3 Å². The third-order valence-electron chi connectivity index (χ3n) is 3.74. The van der Waals surface area contributed by atoms with Gasteiger partial charge < -0.3 is 4.74 Å². The normalized spacial score (nSPS) is 10.4. The van der Waals surface area contributed by atoms with Crippen LogP contribution in [0.3, 0.4) is 0 Å². The first-order valence-corrected chi connectivity index (χ1v) is 8.96. The number of nitriles is 1. The zero-order chi connectivity index (χ0) is 18.7. The molecule has 1 aromatic heterocycles. The van der Waals surface area contributed by atoms with Crippen LogP contribution in [0.2, 0.25) is 15.1 Å². The number of hydrogen-bond acceptors (Lipinski definition) is 3. The van der Waals surface area contributed by atoms with Crippen molar-refractivity contribution < 1.29 is 4.74 Å². The van der Waals surface area contributed by atoms with Gasteiger partial charge in [0, 0.05) is 31.8 Å². The Morgan fingerprint density at radius 1 is 0.962 bits per heavy atom. The Morgan fingerprint density at radius 2 is 1.65 bits per heavy atom. The van der Waals surface area contributed by atoms with E-state index in [1.165, 1.54) is 0 Å². The molecule has 3 rings (SSSR count). The highest BCUT2D eigenvalue weighted by atomic mass is 35.5. The summed E-state index contributed by atoms with van der Waals surface area (Å²) in [6.45, 7) is 2.23. The minimum atomic E-state index is 0.267. The minimum Gasteiger partial charge on any atom is -0.477 e. The molecule has 0 aliphatic rings. The fourth-order valence-electron chi connectivity index (χ4n) is 2.56. The molecule has 6 heteroatoms. The summed E-state index contributed by atoms with van der Waals surface area (Å²) >= 11 is 18.3. The maximum absolute atomic E-state index is 9.67. The first kappa shape index (κ1) is 18.5. The summed E-state index contributed by atoms with van der Waals surface area (Å²) in [5.41, 5.74) is 3.16. The van der Waals surface area contributed by atoms with Crippen molar-refractivity contribution >= 4 is 34.8 Å². The topological polar surface area (TPSA) is 45.9 Å². The monoisotopic (exact) mass is 402 g/mol. The summed E-state index contributed by atoms with van der Waals surface area (Å²) in [7, 11) is 0. The van der Waals surface area contributed by atoms with Gasteiger partial charge in [-0.25, -0.2) is 4.98 Å². The van der Waals surface area contributed by atoms with Crippen molar-refractivity contribution in [2.24, 2.45) is 0 Å². The molecule has 2 aromatic carbocycles. The smallest absolute Gasteiger partial charge is 0.232 e. The molecule has 0 atom stereocenters. The van der Waals surface area contributed by atoms with Crippen molar-refractivity contribution in [1.82, 2.24) is 4.98 Å². The van der Waals surface area contributed by atoms with Crippen LogP contribution in [-0.2, 0) is 0 Å². The molecule has 0 saturated heterocycles. The van der Waals surface area contributed by atoms with Crippen LogP contribution in [0.15, 0.2) is 48.5 Å². The average Bonchev–Trinajstić information content (AvgIpc) is 2.62. The van der Waals surface area contributed by atoms with Gasteiger partial charge in [0.25, 0.3) is 0 Å². The molecule has 0 amide bonds. The fourth-order valence-corrected chi connectivity index (χ4v) is 3.20. The van der Waals surface area contributed by atoms with Crippen LogP contribution in [0.5, 0.6) is 5.88 Å². The fraction of sp³-hybridized carbons (Fsp3) is 0.100. The highest BCUT2D eigenvalue weighted by Crippen LogP contribution is 2.37. The van der Waals surface area contributed by atoms with Crippen LogP contribution >= 0.6 is 34.8 Å². The van der Waals surface area contributed by atoms with Crippen molar-refractivity contribution in [3.05, 3.63) is 69.2 Å². The van der Waals surface area contributed by atoms with E-state index in [9.17, 15) is 5.26 Å². The number of hydrogen-bond donors (Lipinski definition) is 0. The lowest BCUT2D eigenvalue weighted by atomic mass is 9.98. The van der Waals surface area contributed by atoms with E-state index in [1.54, 1.807) is 30.3 Å². The van der Waals surface area contributed by atoms with Gasteiger partial charge in [0.1, 0.15) is 11.6 Å². The lowest BCUT2D eigenvalue weighted by Gasteiger charge is -2.14. The second-order valence-electron chi connectivity index (χ2n) is 5.41. The van der Waals surface area contributed by atoms with E-state index < -0.39 is 0 Å². The summed E-state index contributed by atoms with van der Waals surface area (Å²) < 4.78 is 5.61. The molecule has 0 unspecified atom stereocenters. The van der Waals surface area contributed by atoms with E-state index in [-0.39, 0.29) is 5.88 Å². The van der Waals surface area contributed by atoms with Crippen LogP contribution in [0.4, 0.5) is 0 Å². The van der Waals surface area contributed by atoms with Gasteiger partial charge in [-0.05, 0) is 37.3 Å². The van der Waals surface area contributed by atoms with Gasteiger partial charge in [-0.2, -0.15) is 5.26 Å². The second-order valence-corrected chi connectivity index (χ2v) is 6.69. The number of rotatable bonds is 4. The Labute approximate surface area is 166 Å². The lowest BCUT2D eigenvalue weighted by Crippen LogP contribution is -2.01. The van der Waals surface area contributed by atoms with Gasteiger partial charge in [-0.1, -0.05) is 53.0 Å². The van der Waals surface area contributed by atoms with Crippen molar-refractivity contribution in [2.75, 3.05) is 6.61 Å². The Balaban J connectivity index is 2.27. The number of ether oxygens (including phenoxy) is 1. The average molecular weight is 404 g/mol. The van der Waals surface area contributed by atoms with Gasteiger partial charge in [0.2, 0.25) is 5.88 Å². The van der Waals surface area contributed by atoms with Gasteiger partial charge in [-0.15, -0.1) is 0 Å². The van der Waals surface area contributed by atoms with Crippen LogP contribution in [0.1, 0.15) is 12.5 Å². The van der Waals surface area contributed by atoms with Gasteiger partial charge in [0.15, 0.2) is 0 Å². The highest BCUT2D eigenvalue weighted by Gasteiger charge is 2.18. The third kappa shape index (κ3) is 3.78. The molecule has 3 aromatic rings. The Kier molecular flexibility index (Phi) is 5.68. The molecule has 3 nitrogen and oxygen atoms in total. The zero-order valence-corrected chi connectivity index (χ0v) is 16.0. The van der Waals surface area contributed by atoms with Crippen molar-refractivity contribution in [3.63, 3.8) is 0 Å². The molecule has 1 heterocycles. The van der Waals surface area contributed by atoms with E-state index >= 15 is 0 Å². The number of benzene rings is 2. The van der Waals surface area contributed by atoms with Gasteiger partial charge >= 0.3 is 0 Å². The summed E-state index contributed by atoms with van der Waals surface area (Å²) in [6, 6.07) is 16.4. The number of nitrogens with zero attached hydrogens (tertiary/aromatic N) is 2. The summed E-state index contributed by atoms with van der Waals surface area (Å²) in [5.74, 6) is 0.267. The second kappa shape index (κ2) is 7.97. The Hall–Kier alpha value is -2.25. The predicted molar refractivity (Wildman–Crippen MR) is 106 cm³/mol.